The maximum Gasteiger partial charge on any atom is 0.197 e. The Labute approximate surface area is 85.7 Å². The van der Waals surface area contributed by atoms with Crippen LogP contribution in [0.4, 0.5) is 0 Å². The van der Waals surface area contributed by atoms with Crippen LogP contribution in [0.1, 0.15) is 5.69 Å². The minimum atomic E-state index is -0.577. The van der Waals surface area contributed by atoms with Gasteiger partial charge in [0.25, 0.3) is 0 Å². The first-order valence-corrected chi connectivity index (χ1v) is 4.49. The Kier molecular flexibility index (Phi) is 2.84. The van der Waals surface area contributed by atoms with Gasteiger partial charge >= 0.3 is 0 Å². The van der Waals surface area contributed by atoms with Gasteiger partial charge in [0.1, 0.15) is 0 Å². The van der Waals surface area contributed by atoms with Crippen LogP contribution in [0, 0.1) is 0 Å². The normalized spacial score (nSPS) is 13.2. The summed E-state index contributed by atoms with van der Waals surface area (Å²) in [6, 6.07) is 0. The molecule has 0 aliphatic rings. The predicted molar refractivity (Wildman–Crippen MR) is 50.2 cm³/mol. The molecule has 1 atom stereocenters. The number of fused-ring (bicyclic) bond motifs is 1. The summed E-state index contributed by atoms with van der Waals surface area (Å²) in [5.41, 5.74) is 1.32. The summed E-state index contributed by atoms with van der Waals surface area (Å²) in [6.45, 7) is 0.276. The molecule has 0 aromatic carbocycles. The molecule has 2 heterocycles. The van der Waals surface area contributed by atoms with E-state index in [-0.39, 0.29) is 6.61 Å². The molecular formula is C8H11N5O2. The summed E-state index contributed by atoms with van der Waals surface area (Å²) in [7, 11) is 1.54. The summed E-state index contributed by atoms with van der Waals surface area (Å²) >= 11 is 0. The van der Waals surface area contributed by atoms with Crippen molar-refractivity contribution in [2.75, 3.05) is 13.7 Å². The number of aliphatic hydroxyl groups excluding tert-OH is 1. The molecule has 1 N–H and O–H groups in total. The topological polar surface area (TPSA) is 85.4 Å². The number of aromatic nitrogens is 5. The number of hydrogen-bond donors (Lipinski definition) is 1. The Morgan fingerprint density at radius 2 is 2.40 bits per heavy atom. The van der Waals surface area contributed by atoms with Gasteiger partial charge in [-0.1, -0.05) is 0 Å². The molecule has 2 aromatic heterocycles. The molecule has 2 aromatic rings. The van der Waals surface area contributed by atoms with E-state index in [1.165, 1.54) is 0 Å². The number of aliphatic hydroxyl groups is 1. The molecular weight excluding hydrogens is 198 g/mol. The zero-order valence-corrected chi connectivity index (χ0v) is 8.24. The second-order valence-electron chi connectivity index (χ2n) is 3.16. The van der Waals surface area contributed by atoms with E-state index in [2.05, 4.69) is 20.5 Å². The maximum absolute atomic E-state index is 9.56. The summed E-state index contributed by atoms with van der Waals surface area (Å²) in [4.78, 5) is 3.98. The van der Waals surface area contributed by atoms with Crippen LogP contribution in [0.15, 0.2) is 12.4 Å². The van der Waals surface area contributed by atoms with Gasteiger partial charge in [0, 0.05) is 19.7 Å². The van der Waals surface area contributed by atoms with Gasteiger partial charge in [-0.3, -0.25) is 4.98 Å². The van der Waals surface area contributed by atoms with Crippen LogP contribution in [0.2, 0.25) is 0 Å². The molecule has 15 heavy (non-hydrogen) atoms. The third kappa shape index (κ3) is 2.08. The molecule has 7 nitrogen and oxygen atoms in total. The Hall–Kier alpha value is -1.60. The molecule has 0 amide bonds. The number of nitrogens with zero attached hydrogens (tertiary/aromatic N) is 5. The molecule has 0 saturated heterocycles. The maximum atomic E-state index is 9.56. The number of ether oxygens (including phenoxy) is 1. The van der Waals surface area contributed by atoms with Crippen molar-refractivity contribution in [2.45, 2.75) is 12.5 Å². The van der Waals surface area contributed by atoms with E-state index >= 15 is 0 Å². The molecule has 1 unspecified atom stereocenters. The standard InChI is InChI=1S/C8H11N5O2/c1-15-5-7(14)2-6-3-9-4-8-10-11-12-13(6)8/h3-4,7,14H,2,5H2,1H3. The smallest absolute Gasteiger partial charge is 0.197 e. The molecule has 0 bridgehead atoms. The summed E-state index contributed by atoms with van der Waals surface area (Å²) < 4.78 is 6.39. The van der Waals surface area contributed by atoms with E-state index < -0.39 is 6.10 Å². The van der Waals surface area contributed by atoms with E-state index in [0.717, 1.165) is 5.69 Å². The minimum absolute atomic E-state index is 0.276. The number of hydrogen-bond acceptors (Lipinski definition) is 6. The second-order valence-corrected chi connectivity index (χ2v) is 3.16. The van der Waals surface area contributed by atoms with Crippen LogP contribution in [0.5, 0.6) is 0 Å². The van der Waals surface area contributed by atoms with E-state index in [9.17, 15) is 5.11 Å². The first-order chi connectivity index (χ1) is 7.31. The van der Waals surface area contributed by atoms with Gasteiger partial charge in [0.15, 0.2) is 5.65 Å². The van der Waals surface area contributed by atoms with Crippen LogP contribution in [-0.4, -0.2) is 50.0 Å². The average molecular weight is 209 g/mol. The molecule has 0 aliphatic carbocycles. The molecule has 0 aliphatic heterocycles. The SMILES string of the molecule is COCC(O)Cc1cncc2nnnn12. The lowest BCUT2D eigenvalue weighted by Gasteiger charge is -2.08. The van der Waals surface area contributed by atoms with E-state index in [1.54, 1.807) is 24.0 Å². The Morgan fingerprint density at radius 1 is 1.53 bits per heavy atom. The van der Waals surface area contributed by atoms with Gasteiger partial charge in [-0.05, 0) is 10.4 Å². The quantitative estimate of drug-likeness (QED) is 0.700. The van der Waals surface area contributed by atoms with E-state index in [4.69, 9.17) is 4.74 Å². The molecule has 80 valence electrons. The van der Waals surface area contributed by atoms with Gasteiger partial charge in [0.2, 0.25) is 0 Å². The molecule has 2 rings (SSSR count). The fourth-order valence-electron chi connectivity index (χ4n) is 1.36. The second kappa shape index (κ2) is 4.28. The molecule has 0 saturated carbocycles. The predicted octanol–water partition coefficient (Wildman–Crippen LogP) is -0.931. The molecule has 0 radical (unpaired) electrons. The van der Waals surface area contributed by atoms with Gasteiger partial charge in [-0.25, -0.2) is 0 Å². The minimum Gasteiger partial charge on any atom is -0.390 e. The zero-order valence-electron chi connectivity index (χ0n) is 8.24. The van der Waals surface area contributed by atoms with Crippen LogP contribution in [0.25, 0.3) is 5.65 Å². The highest BCUT2D eigenvalue weighted by molar-refractivity contribution is 5.32. The Bertz CT molecular complexity index is 443. The highest BCUT2D eigenvalue weighted by Gasteiger charge is 2.09. The van der Waals surface area contributed by atoms with Crippen LogP contribution >= 0.6 is 0 Å². The Morgan fingerprint density at radius 3 is 3.20 bits per heavy atom. The molecule has 0 spiro atoms. The van der Waals surface area contributed by atoms with Gasteiger partial charge in [-0.2, -0.15) is 4.52 Å². The summed E-state index contributed by atoms with van der Waals surface area (Å²) in [5.74, 6) is 0. The summed E-state index contributed by atoms with van der Waals surface area (Å²) in [5, 5.41) is 20.6. The van der Waals surface area contributed by atoms with Crippen molar-refractivity contribution in [3.8, 4) is 0 Å². The highest BCUT2D eigenvalue weighted by atomic mass is 16.5. The van der Waals surface area contributed by atoms with Crippen molar-refractivity contribution in [3.05, 3.63) is 18.1 Å². The van der Waals surface area contributed by atoms with Crippen LogP contribution in [-0.2, 0) is 11.2 Å². The summed E-state index contributed by atoms with van der Waals surface area (Å²) in [6.07, 6.45) is 3.02. The van der Waals surface area contributed by atoms with Gasteiger partial charge in [0.05, 0.1) is 24.6 Å². The van der Waals surface area contributed by atoms with Gasteiger partial charge in [-0.15, -0.1) is 5.10 Å². The third-order valence-corrected chi connectivity index (χ3v) is 1.98. The largest absolute Gasteiger partial charge is 0.390 e. The first-order valence-electron chi connectivity index (χ1n) is 4.49. The lowest BCUT2D eigenvalue weighted by Crippen LogP contribution is -2.19. The Balaban J connectivity index is 2.23. The fraction of sp³-hybridized carbons (Fsp3) is 0.500. The van der Waals surface area contributed by atoms with Crippen molar-refractivity contribution >= 4 is 5.65 Å². The highest BCUT2D eigenvalue weighted by Crippen LogP contribution is 2.03. The van der Waals surface area contributed by atoms with E-state index in [0.29, 0.717) is 12.1 Å². The van der Waals surface area contributed by atoms with Crippen molar-refractivity contribution in [1.82, 2.24) is 25.0 Å². The van der Waals surface area contributed by atoms with E-state index in [1.807, 2.05) is 0 Å². The lowest BCUT2D eigenvalue weighted by atomic mass is 10.2. The number of rotatable bonds is 4. The first kappa shape index (κ1) is 9.94. The van der Waals surface area contributed by atoms with Crippen molar-refractivity contribution < 1.29 is 9.84 Å². The van der Waals surface area contributed by atoms with Crippen molar-refractivity contribution in [3.63, 3.8) is 0 Å². The zero-order chi connectivity index (χ0) is 10.7. The van der Waals surface area contributed by atoms with Crippen molar-refractivity contribution in [1.29, 1.82) is 0 Å². The number of methoxy groups -OCH3 is 1. The average Bonchev–Trinajstić information content (AvgIpc) is 2.67. The third-order valence-electron chi connectivity index (χ3n) is 1.98. The lowest BCUT2D eigenvalue weighted by molar-refractivity contribution is 0.0640. The van der Waals surface area contributed by atoms with Crippen LogP contribution < -0.4 is 0 Å². The fourth-order valence-corrected chi connectivity index (χ4v) is 1.36. The number of tetrazole rings is 1. The van der Waals surface area contributed by atoms with Gasteiger partial charge < -0.3 is 9.84 Å². The molecule has 0 fully saturated rings. The van der Waals surface area contributed by atoms with Crippen LogP contribution in [0.3, 0.4) is 0 Å². The van der Waals surface area contributed by atoms with Crippen molar-refractivity contribution in [2.24, 2.45) is 0 Å². The monoisotopic (exact) mass is 209 g/mol. The molecule has 7 heteroatoms.